The number of rotatable bonds is 2. The normalized spacial score (nSPS) is 18.7. The Balaban J connectivity index is 1.84. The van der Waals surface area contributed by atoms with Gasteiger partial charge in [-0.25, -0.2) is 0 Å². The Morgan fingerprint density at radius 1 is 1.43 bits per heavy atom. The second kappa shape index (κ2) is 5.64. The minimum absolute atomic E-state index is 0.185. The fraction of sp³-hybridized carbons (Fsp3) is 0.429. The van der Waals surface area contributed by atoms with Crippen LogP contribution in [0.4, 0.5) is 13.2 Å². The molecule has 0 radical (unpaired) electrons. The first-order valence-corrected chi connectivity index (χ1v) is 7.76. The Bertz CT molecular complexity index is 738. The number of aliphatic hydroxyl groups is 1. The SMILES string of the molecule is Cn1nc(-c2ccc(C(=O)N3CC[C@@H](O)C3)s2)cc1C(F)(F)F. The van der Waals surface area contributed by atoms with Crippen LogP contribution in [-0.4, -0.2) is 44.9 Å². The highest BCUT2D eigenvalue weighted by atomic mass is 32.1. The van der Waals surface area contributed by atoms with Gasteiger partial charge in [-0.05, 0) is 24.6 Å². The maximum atomic E-state index is 12.8. The van der Waals surface area contributed by atoms with Gasteiger partial charge in [-0.3, -0.25) is 9.48 Å². The summed E-state index contributed by atoms with van der Waals surface area (Å²) < 4.78 is 39.2. The summed E-state index contributed by atoms with van der Waals surface area (Å²) in [6.45, 7) is 0.767. The summed E-state index contributed by atoms with van der Waals surface area (Å²) in [5, 5.41) is 13.4. The van der Waals surface area contributed by atoms with Crippen molar-refractivity contribution in [1.29, 1.82) is 0 Å². The first kappa shape index (κ1) is 16.0. The van der Waals surface area contributed by atoms with Crippen molar-refractivity contribution in [3.63, 3.8) is 0 Å². The molecule has 1 amide bonds. The number of hydrogen-bond donors (Lipinski definition) is 1. The summed E-state index contributed by atoms with van der Waals surface area (Å²) in [6, 6.07) is 4.14. The quantitative estimate of drug-likeness (QED) is 0.909. The molecule has 2 aromatic heterocycles. The third-order valence-corrected chi connectivity index (χ3v) is 4.79. The molecule has 124 valence electrons. The molecule has 1 N–H and O–H groups in total. The van der Waals surface area contributed by atoms with Gasteiger partial charge in [0.25, 0.3) is 5.91 Å². The summed E-state index contributed by atoms with van der Waals surface area (Å²) in [5.41, 5.74) is -0.651. The highest BCUT2D eigenvalue weighted by Crippen LogP contribution is 2.34. The number of thiophene rings is 1. The number of halogens is 3. The molecule has 3 heterocycles. The van der Waals surface area contributed by atoms with Crippen molar-refractivity contribution in [2.24, 2.45) is 7.05 Å². The number of aryl methyl sites for hydroxylation is 1. The van der Waals surface area contributed by atoms with Crippen molar-refractivity contribution in [1.82, 2.24) is 14.7 Å². The van der Waals surface area contributed by atoms with Crippen molar-refractivity contribution in [3.05, 3.63) is 28.8 Å². The second-order valence-electron chi connectivity index (χ2n) is 5.39. The van der Waals surface area contributed by atoms with Crippen molar-refractivity contribution in [3.8, 4) is 10.6 Å². The first-order chi connectivity index (χ1) is 10.8. The Labute approximate surface area is 133 Å². The molecular weight excluding hydrogens is 331 g/mol. The molecule has 1 aliphatic rings. The summed E-state index contributed by atoms with van der Waals surface area (Å²) in [7, 11) is 1.23. The number of amides is 1. The molecule has 1 fully saturated rings. The molecule has 1 aliphatic heterocycles. The van der Waals surface area contributed by atoms with Crippen LogP contribution in [0.1, 0.15) is 21.8 Å². The number of hydrogen-bond acceptors (Lipinski definition) is 4. The standard InChI is InChI=1S/C14H14F3N3O2S/c1-19-12(14(15,16)17)6-9(18-19)10-2-3-11(23-10)13(22)20-5-4-8(21)7-20/h2-3,6,8,21H,4-5,7H2,1H3/t8-/m1/s1. The lowest BCUT2D eigenvalue weighted by Crippen LogP contribution is -2.28. The summed E-state index contributed by atoms with van der Waals surface area (Å²) in [5.74, 6) is -0.218. The molecule has 5 nitrogen and oxygen atoms in total. The third-order valence-electron chi connectivity index (χ3n) is 3.69. The number of nitrogens with zero attached hydrogens (tertiary/aromatic N) is 3. The zero-order chi connectivity index (χ0) is 16.8. The highest BCUT2D eigenvalue weighted by molar-refractivity contribution is 7.17. The van der Waals surface area contributed by atoms with Gasteiger partial charge in [0.1, 0.15) is 11.4 Å². The molecule has 23 heavy (non-hydrogen) atoms. The molecule has 1 saturated heterocycles. The Morgan fingerprint density at radius 2 is 2.17 bits per heavy atom. The molecule has 1 atom stereocenters. The van der Waals surface area contributed by atoms with Gasteiger partial charge in [-0.2, -0.15) is 18.3 Å². The molecule has 2 aromatic rings. The monoisotopic (exact) mass is 345 g/mol. The van der Waals surface area contributed by atoms with Gasteiger partial charge in [0, 0.05) is 20.1 Å². The largest absolute Gasteiger partial charge is 0.433 e. The zero-order valence-corrected chi connectivity index (χ0v) is 13.0. The van der Waals surface area contributed by atoms with Crippen LogP contribution < -0.4 is 0 Å². The number of aromatic nitrogens is 2. The lowest BCUT2D eigenvalue weighted by atomic mass is 10.3. The van der Waals surface area contributed by atoms with E-state index in [4.69, 9.17) is 0 Å². The van der Waals surface area contributed by atoms with Crippen LogP contribution in [0.15, 0.2) is 18.2 Å². The molecule has 0 spiro atoms. The van der Waals surface area contributed by atoms with Crippen LogP contribution in [0.2, 0.25) is 0 Å². The van der Waals surface area contributed by atoms with Gasteiger partial charge >= 0.3 is 6.18 Å². The summed E-state index contributed by atoms with van der Waals surface area (Å²) >= 11 is 1.10. The minimum atomic E-state index is -4.47. The van der Waals surface area contributed by atoms with Gasteiger partial charge in [0.2, 0.25) is 0 Å². The van der Waals surface area contributed by atoms with Crippen molar-refractivity contribution in [2.75, 3.05) is 13.1 Å². The van der Waals surface area contributed by atoms with E-state index in [0.717, 1.165) is 22.1 Å². The number of β-amino-alcohol motifs (C(OH)–C–C–N with tert-alkyl or cyclic N) is 1. The first-order valence-electron chi connectivity index (χ1n) is 6.94. The Kier molecular flexibility index (Phi) is 3.93. The maximum Gasteiger partial charge on any atom is 0.433 e. The Hall–Kier alpha value is -1.87. The molecule has 0 bridgehead atoms. The van der Waals surface area contributed by atoms with Gasteiger partial charge in [-0.1, -0.05) is 0 Å². The smallest absolute Gasteiger partial charge is 0.391 e. The van der Waals surface area contributed by atoms with E-state index in [9.17, 15) is 23.1 Å². The van der Waals surface area contributed by atoms with E-state index >= 15 is 0 Å². The fourth-order valence-corrected chi connectivity index (χ4v) is 3.46. The van der Waals surface area contributed by atoms with E-state index in [2.05, 4.69) is 5.10 Å². The number of alkyl halides is 3. The van der Waals surface area contributed by atoms with E-state index in [1.54, 1.807) is 17.0 Å². The minimum Gasteiger partial charge on any atom is -0.391 e. The second-order valence-corrected chi connectivity index (χ2v) is 6.48. The van der Waals surface area contributed by atoms with Crippen LogP contribution in [0, 0.1) is 0 Å². The number of likely N-dealkylation sites (tertiary alicyclic amines) is 1. The van der Waals surface area contributed by atoms with Gasteiger partial charge in [-0.15, -0.1) is 11.3 Å². The van der Waals surface area contributed by atoms with Crippen molar-refractivity contribution >= 4 is 17.2 Å². The van der Waals surface area contributed by atoms with E-state index in [1.807, 2.05) is 0 Å². The molecule has 0 aromatic carbocycles. The highest BCUT2D eigenvalue weighted by Gasteiger charge is 2.35. The van der Waals surface area contributed by atoms with E-state index in [1.165, 1.54) is 7.05 Å². The van der Waals surface area contributed by atoms with Crippen LogP contribution >= 0.6 is 11.3 Å². The molecule has 3 rings (SSSR count). The summed E-state index contributed by atoms with van der Waals surface area (Å²) in [4.78, 5) is 14.8. The topological polar surface area (TPSA) is 58.4 Å². The Morgan fingerprint density at radius 3 is 2.74 bits per heavy atom. The molecule has 9 heteroatoms. The van der Waals surface area contributed by atoms with Crippen LogP contribution in [-0.2, 0) is 13.2 Å². The predicted molar refractivity (Wildman–Crippen MR) is 78.1 cm³/mol. The van der Waals surface area contributed by atoms with Crippen LogP contribution in [0.25, 0.3) is 10.6 Å². The van der Waals surface area contributed by atoms with Crippen LogP contribution in [0.5, 0.6) is 0 Å². The van der Waals surface area contributed by atoms with Crippen LogP contribution in [0.3, 0.4) is 0 Å². The van der Waals surface area contributed by atoms with Gasteiger partial charge in [0.05, 0.1) is 15.9 Å². The third kappa shape index (κ3) is 3.11. The average Bonchev–Trinajstić information content (AvgIpc) is 3.15. The lowest BCUT2D eigenvalue weighted by molar-refractivity contribution is -0.143. The number of aliphatic hydroxyl groups excluding tert-OH is 1. The van der Waals surface area contributed by atoms with Gasteiger partial charge in [0.15, 0.2) is 0 Å². The predicted octanol–water partition coefficient (Wildman–Crippen LogP) is 2.37. The number of carbonyl (C=O) groups is 1. The lowest BCUT2D eigenvalue weighted by Gasteiger charge is -2.13. The fourth-order valence-electron chi connectivity index (χ4n) is 2.53. The molecule has 0 unspecified atom stereocenters. The van der Waals surface area contributed by atoms with Gasteiger partial charge < -0.3 is 10.0 Å². The average molecular weight is 345 g/mol. The molecule has 0 aliphatic carbocycles. The van der Waals surface area contributed by atoms with E-state index < -0.39 is 18.0 Å². The van der Waals surface area contributed by atoms with E-state index in [-0.39, 0.29) is 18.1 Å². The van der Waals surface area contributed by atoms with Crippen molar-refractivity contribution < 1.29 is 23.1 Å². The van der Waals surface area contributed by atoms with E-state index in [0.29, 0.717) is 22.7 Å². The zero-order valence-electron chi connectivity index (χ0n) is 12.2. The molecular formula is C14H14F3N3O2S. The molecule has 0 saturated carbocycles. The number of carbonyl (C=O) groups excluding carboxylic acids is 1. The van der Waals surface area contributed by atoms with Crippen molar-refractivity contribution in [2.45, 2.75) is 18.7 Å². The summed E-state index contributed by atoms with van der Waals surface area (Å²) in [6.07, 6.45) is -4.44. The maximum absolute atomic E-state index is 12.8.